The molecule has 23 heavy (non-hydrogen) atoms. The van der Waals surface area contributed by atoms with Crippen LogP contribution in [0.1, 0.15) is 51.5 Å². The van der Waals surface area contributed by atoms with E-state index in [9.17, 15) is 14.9 Å². The van der Waals surface area contributed by atoms with Crippen LogP contribution in [0.25, 0.3) is 5.57 Å². The molecule has 0 unspecified atom stereocenters. The van der Waals surface area contributed by atoms with Crippen LogP contribution in [0.15, 0.2) is 23.9 Å². The molecule has 124 valence electrons. The van der Waals surface area contributed by atoms with Crippen LogP contribution in [0, 0.1) is 10.1 Å². The van der Waals surface area contributed by atoms with Crippen LogP contribution >= 0.6 is 0 Å². The average molecular weight is 317 g/mol. The number of carbonyl (C=O) groups excluding carboxylic acids is 1. The lowest BCUT2D eigenvalue weighted by atomic mass is 9.95. The molecule has 0 amide bonds. The minimum atomic E-state index is -0.418. The fourth-order valence-electron chi connectivity index (χ4n) is 3.14. The molecular weight excluding hydrogens is 294 g/mol. The van der Waals surface area contributed by atoms with Crippen LogP contribution in [-0.2, 0) is 4.79 Å². The summed E-state index contributed by atoms with van der Waals surface area (Å²) in [4.78, 5) is 22.7. The van der Waals surface area contributed by atoms with E-state index in [4.69, 9.17) is 5.73 Å². The molecule has 2 rings (SSSR count). The minimum absolute atomic E-state index is 0.0203. The van der Waals surface area contributed by atoms with Crippen LogP contribution in [0.3, 0.4) is 0 Å². The van der Waals surface area contributed by atoms with Crippen molar-refractivity contribution in [2.24, 2.45) is 5.73 Å². The SMILES string of the molecule is CC(=O)/C(=C(/C)N)c1ccc(NC2CCCCC2)c([N+](=O)[O-])c1. The van der Waals surface area contributed by atoms with Crippen molar-refractivity contribution in [3.8, 4) is 0 Å². The Morgan fingerprint density at radius 1 is 1.26 bits per heavy atom. The Kier molecular flexibility index (Phi) is 5.36. The molecule has 1 fully saturated rings. The summed E-state index contributed by atoms with van der Waals surface area (Å²) in [6, 6.07) is 5.09. The number of allylic oxidation sites excluding steroid dienone is 2. The Morgan fingerprint density at radius 2 is 1.91 bits per heavy atom. The van der Waals surface area contributed by atoms with Gasteiger partial charge >= 0.3 is 0 Å². The summed E-state index contributed by atoms with van der Waals surface area (Å²) < 4.78 is 0. The van der Waals surface area contributed by atoms with Crippen LogP contribution in [-0.4, -0.2) is 16.7 Å². The molecule has 0 heterocycles. The number of Topliss-reactive ketones (excluding diaryl/α,β-unsaturated/α-hetero) is 1. The minimum Gasteiger partial charge on any atom is -0.402 e. The highest BCUT2D eigenvalue weighted by Crippen LogP contribution is 2.32. The molecule has 0 atom stereocenters. The number of rotatable bonds is 5. The number of nitro benzene ring substituents is 1. The van der Waals surface area contributed by atoms with Crippen molar-refractivity contribution in [2.75, 3.05) is 5.32 Å². The first-order chi connectivity index (χ1) is 10.9. The Balaban J connectivity index is 2.36. The lowest BCUT2D eigenvalue weighted by molar-refractivity contribution is -0.384. The molecule has 3 N–H and O–H groups in total. The molecule has 0 aliphatic heterocycles. The molecule has 6 heteroatoms. The van der Waals surface area contributed by atoms with Crippen molar-refractivity contribution in [3.05, 3.63) is 39.6 Å². The Morgan fingerprint density at radius 3 is 2.43 bits per heavy atom. The monoisotopic (exact) mass is 317 g/mol. The zero-order chi connectivity index (χ0) is 17.0. The number of nitrogens with one attached hydrogen (secondary N) is 1. The number of nitrogens with zero attached hydrogens (tertiary/aromatic N) is 1. The first-order valence-electron chi connectivity index (χ1n) is 7.92. The van der Waals surface area contributed by atoms with Gasteiger partial charge in [0.15, 0.2) is 5.78 Å². The molecule has 1 aliphatic carbocycles. The van der Waals surface area contributed by atoms with Crippen LogP contribution in [0.2, 0.25) is 0 Å². The number of carbonyl (C=O) groups is 1. The summed E-state index contributed by atoms with van der Waals surface area (Å²) >= 11 is 0. The maximum absolute atomic E-state index is 11.7. The van der Waals surface area contributed by atoms with Crippen LogP contribution in [0.4, 0.5) is 11.4 Å². The largest absolute Gasteiger partial charge is 0.402 e. The highest BCUT2D eigenvalue weighted by molar-refractivity contribution is 6.20. The van der Waals surface area contributed by atoms with Gasteiger partial charge < -0.3 is 11.1 Å². The molecular formula is C17H23N3O3. The van der Waals surface area contributed by atoms with Crippen molar-refractivity contribution in [1.82, 2.24) is 0 Å². The third kappa shape index (κ3) is 4.09. The van der Waals surface area contributed by atoms with Crippen molar-refractivity contribution in [2.45, 2.75) is 52.0 Å². The first-order valence-corrected chi connectivity index (χ1v) is 7.92. The van der Waals surface area contributed by atoms with E-state index in [1.807, 2.05) is 0 Å². The number of ketones is 1. The topological polar surface area (TPSA) is 98.3 Å². The second-order valence-electron chi connectivity index (χ2n) is 6.08. The molecule has 1 aromatic carbocycles. The van der Waals surface area contributed by atoms with Gasteiger partial charge in [0, 0.05) is 23.4 Å². The van der Waals surface area contributed by atoms with E-state index in [1.54, 1.807) is 19.1 Å². The highest BCUT2D eigenvalue weighted by atomic mass is 16.6. The average Bonchev–Trinajstić information content (AvgIpc) is 2.48. The Labute approximate surface area is 135 Å². The molecule has 0 spiro atoms. The summed E-state index contributed by atoms with van der Waals surface area (Å²) in [7, 11) is 0. The number of anilines is 1. The van der Waals surface area contributed by atoms with Crippen LogP contribution < -0.4 is 11.1 Å². The van der Waals surface area contributed by atoms with E-state index in [-0.39, 0.29) is 17.5 Å². The molecule has 0 saturated heterocycles. The second kappa shape index (κ2) is 7.26. The Hall–Kier alpha value is -2.37. The molecule has 6 nitrogen and oxygen atoms in total. The zero-order valence-electron chi connectivity index (χ0n) is 13.6. The van der Waals surface area contributed by atoms with Crippen molar-refractivity contribution in [3.63, 3.8) is 0 Å². The zero-order valence-corrected chi connectivity index (χ0v) is 13.6. The van der Waals surface area contributed by atoms with Gasteiger partial charge in [-0.3, -0.25) is 14.9 Å². The normalized spacial score (nSPS) is 16.6. The van der Waals surface area contributed by atoms with E-state index in [2.05, 4.69) is 5.32 Å². The summed E-state index contributed by atoms with van der Waals surface area (Å²) in [5.74, 6) is -0.202. The predicted molar refractivity (Wildman–Crippen MR) is 91.1 cm³/mol. The van der Waals surface area contributed by atoms with Gasteiger partial charge in [-0.05, 0) is 38.3 Å². The fourth-order valence-corrected chi connectivity index (χ4v) is 3.14. The van der Waals surface area contributed by atoms with Gasteiger partial charge in [-0.15, -0.1) is 0 Å². The maximum atomic E-state index is 11.7. The van der Waals surface area contributed by atoms with Crippen molar-refractivity contribution < 1.29 is 9.72 Å². The summed E-state index contributed by atoms with van der Waals surface area (Å²) in [5.41, 5.74) is 7.42. The van der Waals surface area contributed by atoms with E-state index in [0.29, 0.717) is 22.5 Å². The molecule has 1 aromatic rings. The lowest BCUT2D eigenvalue weighted by Gasteiger charge is -2.23. The number of hydrogen-bond donors (Lipinski definition) is 2. The number of nitrogens with two attached hydrogens (primary N) is 1. The van der Waals surface area contributed by atoms with E-state index in [1.165, 1.54) is 19.4 Å². The summed E-state index contributed by atoms with van der Waals surface area (Å²) in [6.45, 7) is 3.03. The second-order valence-corrected chi connectivity index (χ2v) is 6.08. The van der Waals surface area contributed by atoms with E-state index >= 15 is 0 Å². The molecule has 0 aromatic heterocycles. The maximum Gasteiger partial charge on any atom is 0.292 e. The standard InChI is InChI=1S/C17H23N3O3/c1-11(18)17(12(2)21)13-8-9-15(16(10-13)20(22)23)19-14-6-4-3-5-7-14/h8-10,14,19H,3-7,18H2,1-2H3/b17-11+. The third-order valence-corrected chi connectivity index (χ3v) is 4.19. The lowest BCUT2D eigenvalue weighted by Crippen LogP contribution is -2.22. The quantitative estimate of drug-likeness (QED) is 0.491. The number of nitro groups is 1. The van der Waals surface area contributed by atoms with Gasteiger partial charge in [0.2, 0.25) is 0 Å². The van der Waals surface area contributed by atoms with Crippen molar-refractivity contribution in [1.29, 1.82) is 0 Å². The summed E-state index contributed by atoms with van der Waals surface area (Å²) in [5, 5.41) is 14.7. The predicted octanol–water partition coefficient (Wildman–Crippen LogP) is 3.62. The smallest absolute Gasteiger partial charge is 0.292 e. The Bertz CT molecular complexity index is 642. The molecule has 1 aliphatic rings. The van der Waals surface area contributed by atoms with Crippen LogP contribution in [0.5, 0.6) is 0 Å². The van der Waals surface area contributed by atoms with Gasteiger partial charge in [-0.1, -0.05) is 25.3 Å². The molecule has 1 saturated carbocycles. The molecule has 0 radical (unpaired) electrons. The number of benzene rings is 1. The highest BCUT2D eigenvalue weighted by Gasteiger charge is 2.21. The van der Waals surface area contributed by atoms with E-state index < -0.39 is 4.92 Å². The first kappa shape index (κ1) is 17.0. The number of hydrogen-bond acceptors (Lipinski definition) is 5. The summed E-state index contributed by atoms with van der Waals surface area (Å²) in [6.07, 6.45) is 5.57. The van der Waals surface area contributed by atoms with E-state index in [0.717, 1.165) is 25.7 Å². The van der Waals surface area contributed by atoms with Gasteiger partial charge in [0.25, 0.3) is 5.69 Å². The fraction of sp³-hybridized carbons (Fsp3) is 0.471. The van der Waals surface area contributed by atoms with Gasteiger partial charge in [-0.2, -0.15) is 0 Å². The van der Waals surface area contributed by atoms with Gasteiger partial charge in [-0.25, -0.2) is 0 Å². The van der Waals surface area contributed by atoms with Gasteiger partial charge in [0.05, 0.1) is 4.92 Å². The molecule has 0 bridgehead atoms. The third-order valence-electron chi connectivity index (χ3n) is 4.19. The van der Waals surface area contributed by atoms with Gasteiger partial charge in [0.1, 0.15) is 5.69 Å². The van der Waals surface area contributed by atoms with Crippen molar-refractivity contribution >= 4 is 22.7 Å².